The second kappa shape index (κ2) is 9.90. The highest BCUT2D eigenvalue weighted by Gasteiger charge is 2.48. The average Bonchev–Trinajstić information content (AvgIpc) is 2.69. The molecule has 0 N–H and O–H groups in total. The number of carbonyl (C=O) groups excluding carboxylic acids is 3. The number of hydrogen-bond acceptors (Lipinski definition) is 5. The van der Waals surface area contributed by atoms with Gasteiger partial charge in [0.2, 0.25) is 5.92 Å². The summed E-state index contributed by atoms with van der Waals surface area (Å²) in [6, 6.07) is 13.3. The van der Waals surface area contributed by atoms with E-state index < -0.39 is 29.1 Å². The third kappa shape index (κ3) is 4.98. The van der Waals surface area contributed by atoms with Crippen LogP contribution in [0.25, 0.3) is 0 Å². The van der Waals surface area contributed by atoms with E-state index in [-0.39, 0.29) is 13.2 Å². The molecular weight excluding hydrogens is 415 g/mol. The molecule has 0 spiro atoms. The van der Waals surface area contributed by atoms with Gasteiger partial charge in [0.05, 0.1) is 18.6 Å². The molecule has 2 aromatic carbocycles. The van der Waals surface area contributed by atoms with Crippen LogP contribution >= 0.6 is 23.2 Å². The minimum atomic E-state index is -1.72. The van der Waals surface area contributed by atoms with Crippen molar-refractivity contribution in [3.8, 4) is 0 Å². The Morgan fingerprint density at radius 1 is 0.793 bits per heavy atom. The molecule has 0 amide bonds. The van der Waals surface area contributed by atoms with Crippen molar-refractivity contribution in [2.24, 2.45) is 5.92 Å². The monoisotopic (exact) mass is 436 g/mol. The van der Waals surface area contributed by atoms with Crippen molar-refractivity contribution >= 4 is 40.9 Å². The lowest BCUT2D eigenvalue weighted by Crippen LogP contribution is -2.46. The zero-order valence-electron chi connectivity index (χ0n) is 16.4. The quantitative estimate of drug-likeness (QED) is 0.446. The third-order valence-electron chi connectivity index (χ3n) is 4.64. The van der Waals surface area contributed by atoms with Crippen LogP contribution in [0.1, 0.15) is 31.9 Å². The summed E-state index contributed by atoms with van der Waals surface area (Å²) in [6.45, 7) is 4.90. The molecule has 5 nitrogen and oxygen atoms in total. The minimum Gasteiger partial charge on any atom is -0.465 e. The van der Waals surface area contributed by atoms with E-state index in [9.17, 15) is 14.4 Å². The van der Waals surface area contributed by atoms with Crippen LogP contribution in [-0.4, -0.2) is 30.9 Å². The zero-order valence-corrected chi connectivity index (χ0v) is 17.9. The molecule has 0 unspecified atom stereocenters. The molecule has 0 fully saturated rings. The largest absolute Gasteiger partial charge is 0.465 e. The van der Waals surface area contributed by atoms with Gasteiger partial charge in [0.15, 0.2) is 5.78 Å². The summed E-state index contributed by atoms with van der Waals surface area (Å²) in [4.78, 5) is 38.8. The molecule has 0 aliphatic heterocycles. The molecule has 2 aromatic rings. The first-order valence-electron chi connectivity index (χ1n) is 9.15. The molecule has 0 bridgehead atoms. The van der Waals surface area contributed by atoms with Crippen molar-refractivity contribution in [1.29, 1.82) is 0 Å². The molecule has 0 saturated heterocycles. The average molecular weight is 437 g/mol. The fourth-order valence-corrected chi connectivity index (χ4v) is 3.32. The van der Waals surface area contributed by atoms with E-state index in [1.54, 1.807) is 69.3 Å². The molecular formula is C22H22Cl2O5. The van der Waals surface area contributed by atoms with E-state index in [0.29, 0.717) is 21.2 Å². The van der Waals surface area contributed by atoms with Crippen molar-refractivity contribution in [3.63, 3.8) is 0 Å². The smallest absolute Gasteiger partial charge is 0.328 e. The van der Waals surface area contributed by atoms with Crippen LogP contribution in [0.4, 0.5) is 0 Å². The van der Waals surface area contributed by atoms with Gasteiger partial charge in [-0.05, 0) is 56.2 Å². The number of ketones is 1. The molecule has 0 saturated carbocycles. The summed E-state index contributed by atoms with van der Waals surface area (Å²) in [7, 11) is 0. The summed E-state index contributed by atoms with van der Waals surface area (Å²) in [6.07, 6.45) is 0. The van der Waals surface area contributed by atoms with Crippen LogP contribution in [0.15, 0.2) is 48.5 Å². The van der Waals surface area contributed by atoms with Gasteiger partial charge in [-0.2, -0.15) is 0 Å². The van der Waals surface area contributed by atoms with Gasteiger partial charge in [0.1, 0.15) is 0 Å². The molecule has 0 aromatic heterocycles. The van der Waals surface area contributed by atoms with Gasteiger partial charge in [-0.1, -0.05) is 47.5 Å². The van der Waals surface area contributed by atoms with Crippen molar-refractivity contribution in [2.45, 2.75) is 26.2 Å². The van der Waals surface area contributed by atoms with E-state index in [4.69, 9.17) is 32.7 Å². The molecule has 0 aliphatic carbocycles. The number of hydrogen-bond donors (Lipinski definition) is 0. The van der Waals surface area contributed by atoms with Gasteiger partial charge in [-0.3, -0.25) is 14.4 Å². The first-order valence-corrected chi connectivity index (χ1v) is 9.90. The molecule has 0 heterocycles. The summed E-state index contributed by atoms with van der Waals surface area (Å²) in [5.74, 6) is -4.25. The van der Waals surface area contributed by atoms with Gasteiger partial charge < -0.3 is 9.47 Å². The van der Waals surface area contributed by atoms with E-state index in [2.05, 4.69) is 0 Å². The standard InChI is InChI=1S/C22H22Cl2O5/c1-4-28-20(26)18(21(27)29-5-2)19(25)22(3,14-6-10-16(23)11-7-14)15-8-12-17(24)13-9-15/h6-13,18H,4-5H2,1-3H3. The topological polar surface area (TPSA) is 69.7 Å². The molecule has 154 valence electrons. The van der Waals surface area contributed by atoms with Gasteiger partial charge in [0, 0.05) is 10.0 Å². The highest BCUT2D eigenvalue weighted by molar-refractivity contribution is 6.31. The van der Waals surface area contributed by atoms with Crippen LogP contribution in [0.3, 0.4) is 0 Å². The van der Waals surface area contributed by atoms with Crippen molar-refractivity contribution in [1.82, 2.24) is 0 Å². The number of benzene rings is 2. The lowest BCUT2D eigenvalue weighted by molar-refractivity contribution is -0.165. The Bertz CT molecular complexity index is 812. The second-order valence-corrected chi connectivity index (χ2v) is 7.31. The summed E-state index contributed by atoms with van der Waals surface area (Å²) in [5.41, 5.74) is -0.222. The maximum atomic E-state index is 13.7. The molecule has 2 rings (SSSR count). The van der Waals surface area contributed by atoms with E-state index in [1.807, 2.05) is 0 Å². The van der Waals surface area contributed by atoms with Crippen LogP contribution in [0, 0.1) is 5.92 Å². The predicted octanol–water partition coefficient (Wildman–Crippen LogP) is 4.61. The Labute approximate surface area is 179 Å². The number of ether oxygens (including phenoxy) is 2. The highest BCUT2D eigenvalue weighted by Crippen LogP contribution is 2.37. The Morgan fingerprint density at radius 2 is 1.14 bits per heavy atom. The first kappa shape index (κ1) is 22.9. The summed E-state index contributed by atoms with van der Waals surface area (Å²) < 4.78 is 9.99. The van der Waals surface area contributed by atoms with Crippen LogP contribution in [-0.2, 0) is 29.3 Å². The molecule has 0 atom stereocenters. The summed E-state index contributed by atoms with van der Waals surface area (Å²) >= 11 is 12.0. The van der Waals surface area contributed by atoms with Gasteiger partial charge in [-0.25, -0.2) is 0 Å². The van der Waals surface area contributed by atoms with Gasteiger partial charge >= 0.3 is 11.9 Å². The van der Waals surface area contributed by atoms with Crippen LogP contribution in [0.5, 0.6) is 0 Å². The van der Waals surface area contributed by atoms with Gasteiger partial charge in [0.25, 0.3) is 0 Å². The van der Waals surface area contributed by atoms with Crippen molar-refractivity contribution in [3.05, 3.63) is 69.7 Å². The van der Waals surface area contributed by atoms with Gasteiger partial charge in [-0.15, -0.1) is 0 Å². The second-order valence-electron chi connectivity index (χ2n) is 6.44. The van der Waals surface area contributed by atoms with E-state index in [1.165, 1.54) is 0 Å². The number of carbonyl (C=O) groups is 3. The number of halogens is 2. The Balaban J connectivity index is 2.65. The predicted molar refractivity (Wildman–Crippen MR) is 111 cm³/mol. The number of Topliss-reactive ketones (excluding diaryl/α,β-unsaturated/α-hetero) is 1. The Kier molecular flexibility index (Phi) is 7.82. The Morgan fingerprint density at radius 3 is 1.45 bits per heavy atom. The van der Waals surface area contributed by atoms with E-state index in [0.717, 1.165) is 0 Å². The Hall–Kier alpha value is -2.37. The molecule has 0 aliphatic rings. The maximum Gasteiger partial charge on any atom is 0.328 e. The fourth-order valence-electron chi connectivity index (χ4n) is 3.07. The zero-order chi connectivity index (χ0) is 21.6. The SMILES string of the molecule is CCOC(=O)C(C(=O)OCC)C(=O)C(C)(c1ccc(Cl)cc1)c1ccc(Cl)cc1. The number of rotatable bonds is 8. The fraction of sp³-hybridized carbons (Fsp3) is 0.318. The lowest BCUT2D eigenvalue weighted by atomic mass is 9.69. The molecule has 7 heteroatoms. The minimum absolute atomic E-state index is 0.0284. The third-order valence-corrected chi connectivity index (χ3v) is 5.15. The molecule has 29 heavy (non-hydrogen) atoms. The van der Waals surface area contributed by atoms with Crippen LogP contribution < -0.4 is 0 Å². The maximum absolute atomic E-state index is 13.7. The summed E-state index contributed by atoms with van der Waals surface area (Å²) in [5, 5.41) is 0.985. The number of esters is 2. The molecule has 0 radical (unpaired) electrons. The van der Waals surface area contributed by atoms with Crippen molar-refractivity contribution < 1.29 is 23.9 Å². The first-order chi connectivity index (χ1) is 13.7. The highest BCUT2D eigenvalue weighted by atomic mass is 35.5. The van der Waals surface area contributed by atoms with Crippen LogP contribution in [0.2, 0.25) is 10.0 Å². The normalized spacial score (nSPS) is 11.2. The lowest BCUT2D eigenvalue weighted by Gasteiger charge is -2.32. The van der Waals surface area contributed by atoms with Crippen molar-refractivity contribution in [2.75, 3.05) is 13.2 Å². The van der Waals surface area contributed by atoms with E-state index >= 15 is 0 Å².